The van der Waals surface area contributed by atoms with E-state index in [-0.39, 0.29) is 0 Å². The minimum absolute atomic E-state index is 0.913. The van der Waals surface area contributed by atoms with Crippen LogP contribution < -0.4 is 5.32 Å². The molecule has 0 aliphatic rings. The average molecular weight is 264 g/mol. The van der Waals surface area contributed by atoms with E-state index in [1.54, 1.807) is 11.3 Å². The highest BCUT2D eigenvalue weighted by Crippen LogP contribution is 2.27. The van der Waals surface area contributed by atoms with Crippen LogP contribution in [0.1, 0.15) is 30.8 Å². The molecule has 0 aliphatic carbocycles. The lowest BCUT2D eigenvalue weighted by Crippen LogP contribution is -2.11. The Hall–Kier alpha value is -1.20. The number of aromatic nitrogens is 3. The Morgan fingerprint density at radius 1 is 1.39 bits per heavy atom. The van der Waals surface area contributed by atoms with Gasteiger partial charge in [-0.1, -0.05) is 20.3 Å². The number of rotatable bonds is 6. The van der Waals surface area contributed by atoms with Crippen LogP contribution in [0.3, 0.4) is 0 Å². The van der Waals surface area contributed by atoms with E-state index in [4.69, 9.17) is 4.98 Å². The van der Waals surface area contributed by atoms with Crippen molar-refractivity contribution in [3.8, 4) is 10.7 Å². The predicted molar refractivity (Wildman–Crippen MR) is 75.7 cm³/mol. The van der Waals surface area contributed by atoms with Gasteiger partial charge in [0, 0.05) is 24.7 Å². The number of hydrogen-bond donors (Lipinski definition) is 1. The zero-order chi connectivity index (χ0) is 13.0. The SMILES string of the molecule is CCCc1nc(-c2ccn(C)n2)sc1CNCC. The molecule has 18 heavy (non-hydrogen) atoms. The zero-order valence-corrected chi connectivity index (χ0v) is 12.0. The highest BCUT2D eigenvalue weighted by atomic mass is 32.1. The van der Waals surface area contributed by atoms with Gasteiger partial charge in [0.25, 0.3) is 0 Å². The monoisotopic (exact) mass is 264 g/mol. The number of nitrogens with one attached hydrogen (secondary N) is 1. The van der Waals surface area contributed by atoms with Crippen molar-refractivity contribution < 1.29 is 0 Å². The number of aryl methyl sites for hydroxylation is 2. The Labute approximate surface area is 112 Å². The fraction of sp³-hybridized carbons (Fsp3) is 0.538. The van der Waals surface area contributed by atoms with Crippen molar-refractivity contribution in [1.82, 2.24) is 20.1 Å². The molecular formula is C13H20N4S. The smallest absolute Gasteiger partial charge is 0.144 e. The van der Waals surface area contributed by atoms with Crippen molar-refractivity contribution in [1.29, 1.82) is 0 Å². The normalized spacial score (nSPS) is 11.1. The maximum atomic E-state index is 4.74. The maximum Gasteiger partial charge on any atom is 0.144 e. The molecule has 0 saturated heterocycles. The van der Waals surface area contributed by atoms with Gasteiger partial charge < -0.3 is 5.32 Å². The van der Waals surface area contributed by atoms with E-state index < -0.39 is 0 Å². The summed E-state index contributed by atoms with van der Waals surface area (Å²) in [7, 11) is 1.93. The van der Waals surface area contributed by atoms with Crippen LogP contribution in [0.5, 0.6) is 0 Å². The summed E-state index contributed by atoms with van der Waals surface area (Å²) in [5, 5.41) is 8.83. The second-order valence-corrected chi connectivity index (χ2v) is 5.38. The lowest BCUT2D eigenvalue weighted by atomic mass is 10.2. The molecule has 5 heteroatoms. The molecule has 0 aliphatic heterocycles. The first kappa shape index (κ1) is 13.2. The van der Waals surface area contributed by atoms with E-state index in [2.05, 4.69) is 24.3 Å². The van der Waals surface area contributed by atoms with Crippen LogP contribution in [0.2, 0.25) is 0 Å². The second kappa shape index (κ2) is 6.11. The summed E-state index contributed by atoms with van der Waals surface area (Å²) < 4.78 is 1.82. The molecule has 98 valence electrons. The second-order valence-electron chi connectivity index (χ2n) is 4.29. The van der Waals surface area contributed by atoms with E-state index in [0.29, 0.717) is 0 Å². The summed E-state index contributed by atoms with van der Waals surface area (Å²) in [6.45, 7) is 6.22. The largest absolute Gasteiger partial charge is 0.312 e. The van der Waals surface area contributed by atoms with Crippen molar-refractivity contribution in [2.75, 3.05) is 6.54 Å². The molecule has 2 rings (SSSR count). The summed E-state index contributed by atoms with van der Waals surface area (Å²) in [6, 6.07) is 2.02. The highest BCUT2D eigenvalue weighted by Gasteiger charge is 2.13. The molecule has 0 saturated carbocycles. The third kappa shape index (κ3) is 2.97. The van der Waals surface area contributed by atoms with Crippen LogP contribution in [0, 0.1) is 0 Å². The molecule has 0 fully saturated rings. The lowest BCUT2D eigenvalue weighted by Gasteiger charge is -2.00. The molecule has 0 aromatic carbocycles. The Bertz CT molecular complexity index is 501. The quantitative estimate of drug-likeness (QED) is 0.872. The van der Waals surface area contributed by atoms with Gasteiger partial charge in [0.15, 0.2) is 0 Å². The molecular weight excluding hydrogens is 244 g/mol. The van der Waals surface area contributed by atoms with Gasteiger partial charge in [0.05, 0.1) is 5.69 Å². The van der Waals surface area contributed by atoms with E-state index >= 15 is 0 Å². The number of nitrogens with zero attached hydrogens (tertiary/aromatic N) is 3. The Balaban J connectivity index is 2.26. The van der Waals surface area contributed by atoms with Crippen molar-refractivity contribution in [3.63, 3.8) is 0 Å². The summed E-state index contributed by atoms with van der Waals surface area (Å²) in [5.41, 5.74) is 2.20. The van der Waals surface area contributed by atoms with E-state index in [1.807, 2.05) is 24.0 Å². The van der Waals surface area contributed by atoms with Gasteiger partial charge >= 0.3 is 0 Å². The Morgan fingerprint density at radius 2 is 2.22 bits per heavy atom. The minimum atomic E-state index is 0.913. The average Bonchev–Trinajstić information content (AvgIpc) is 2.94. The standard InChI is InChI=1S/C13H20N4S/c1-4-6-10-12(9-14-5-2)18-13(15-10)11-7-8-17(3)16-11/h7-8,14H,4-6,9H2,1-3H3. The number of thiazole rings is 1. The van der Waals surface area contributed by atoms with Crippen molar-refractivity contribution >= 4 is 11.3 Å². The van der Waals surface area contributed by atoms with Gasteiger partial charge in [-0.3, -0.25) is 4.68 Å². The van der Waals surface area contributed by atoms with Gasteiger partial charge in [0.2, 0.25) is 0 Å². The predicted octanol–water partition coefficient (Wildman–Crippen LogP) is 2.61. The maximum absolute atomic E-state index is 4.74. The highest BCUT2D eigenvalue weighted by molar-refractivity contribution is 7.15. The van der Waals surface area contributed by atoms with Crippen LogP contribution in [0.4, 0.5) is 0 Å². The lowest BCUT2D eigenvalue weighted by molar-refractivity contribution is 0.723. The van der Waals surface area contributed by atoms with Gasteiger partial charge in [-0.05, 0) is 19.0 Å². The van der Waals surface area contributed by atoms with Crippen molar-refractivity contribution in [3.05, 3.63) is 22.8 Å². The molecule has 1 N–H and O–H groups in total. The molecule has 0 spiro atoms. The fourth-order valence-corrected chi connectivity index (χ4v) is 2.87. The third-order valence-corrected chi connectivity index (χ3v) is 3.85. The third-order valence-electron chi connectivity index (χ3n) is 2.73. The molecule has 2 aromatic heterocycles. The first-order chi connectivity index (χ1) is 8.74. The number of hydrogen-bond acceptors (Lipinski definition) is 4. The first-order valence-electron chi connectivity index (χ1n) is 6.43. The Kier molecular flexibility index (Phi) is 4.49. The fourth-order valence-electron chi connectivity index (χ4n) is 1.83. The van der Waals surface area contributed by atoms with E-state index in [9.17, 15) is 0 Å². The zero-order valence-electron chi connectivity index (χ0n) is 11.2. The van der Waals surface area contributed by atoms with Gasteiger partial charge in [-0.25, -0.2) is 4.98 Å². The van der Waals surface area contributed by atoms with Crippen LogP contribution in [-0.4, -0.2) is 21.3 Å². The van der Waals surface area contributed by atoms with Gasteiger partial charge in [-0.2, -0.15) is 5.10 Å². The van der Waals surface area contributed by atoms with Crippen LogP contribution in [-0.2, 0) is 20.0 Å². The molecule has 2 aromatic rings. The first-order valence-corrected chi connectivity index (χ1v) is 7.25. The molecule has 2 heterocycles. The van der Waals surface area contributed by atoms with Gasteiger partial charge in [0.1, 0.15) is 10.7 Å². The molecule has 4 nitrogen and oxygen atoms in total. The minimum Gasteiger partial charge on any atom is -0.312 e. The summed E-state index contributed by atoms with van der Waals surface area (Å²) >= 11 is 1.76. The topological polar surface area (TPSA) is 42.7 Å². The molecule has 0 bridgehead atoms. The van der Waals surface area contributed by atoms with Crippen LogP contribution in [0.15, 0.2) is 12.3 Å². The van der Waals surface area contributed by atoms with Crippen LogP contribution in [0.25, 0.3) is 10.7 Å². The van der Waals surface area contributed by atoms with E-state index in [0.717, 1.165) is 36.6 Å². The van der Waals surface area contributed by atoms with Crippen LogP contribution >= 0.6 is 11.3 Å². The van der Waals surface area contributed by atoms with Crippen molar-refractivity contribution in [2.45, 2.75) is 33.2 Å². The summed E-state index contributed by atoms with van der Waals surface area (Å²) in [5.74, 6) is 0. The molecule has 0 atom stereocenters. The molecule has 0 unspecified atom stereocenters. The van der Waals surface area contributed by atoms with Crippen molar-refractivity contribution in [2.24, 2.45) is 7.05 Å². The summed E-state index contributed by atoms with van der Waals surface area (Å²) in [4.78, 5) is 6.09. The van der Waals surface area contributed by atoms with Gasteiger partial charge in [-0.15, -0.1) is 11.3 Å². The Morgan fingerprint density at radius 3 is 2.83 bits per heavy atom. The summed E-state index contributed by atoms with van der Waals surface area (Å²) in [6.07, 6.45) is 4.13. The molecule has 0 radical (unpaired) electrons. The molecule has 0 amide bonds. The van der Waals surface area contributed by atoms with E-state index in [1.165, 1.54) is 10.6 Å².